The van der Waals surface area contributed by atoms with Crippen molar-refractivity contribution >= 4 is 11.9 Å². The highest BCUT2D eigenvalue weighted by Gasteiger charge is 2.40. The van der Waals surface area contributed by atoms with E-state index >= 15 is 0 Å². The zero-order valence-corrected chi connectivity index (χ0v) is 13.1. The van der Waals surface area contributed by atoms with Crippen molar-refractivity contribution < 1.29 is 19.4 Å². The summed E-state index contributed by atoms with van der Waals surface area (Å²) in [6, 6.07) is 7.66. The van der Waals surface area contributed by atoms with Gasteiger partial charge in [0.05, 0.1) is 19.1 Å². The number of carbonyl (C=O) groups is 2. The van der Waals surface area contributed by atoms with Crippen molar-refractivity contribution in [2.24, 2.45) is 0 Å². The van der Waals surface area contributed by atoms with Gasteiger partial charge in [-0.15, -0.1) is 0 Å². The van der Waals surface area contributed by atoms with Gasteiger partial charge < -0.3 is 15.2 Å². The fourth-order valence-electron chi connectivity index (χ4n) is 2.91. The molecule has 1 fully saturated rings. The van der Waals surface area contributed by atoms with E-state index in [1.807, 2.05) is 31.2 Å². The number of amides is 1. The molecule has 1 unspecified atom stereocenters. The van der Waals surface area contributed by atoms with Gasteiger partial charge in [-0.25, -0.2) is 0 Å². The molecule has 0 spiro atoms. The van der Waals surface area contributed by atoms with Crippen LogP contribution in [0.4, 0.5) is 0 Å². The van der Waals surface area contributed by atoms with E-state index in [4.69, 9.17) is 9.84 Å². The first-order valence-electron chi connectivity index (χ1n) is 7.61. The van der Waals surface area contributed by atoms with Gasteiger partial charge in [-0.05, 0) is 42.9 Å². The molecule has 0 aliphatic heterocycles. The largest absolute Gasteiger partial charge is 0.497 e. The van der Waals surface area contributed by atoms with Crippen LogP contribution in [0, 0.1) is 0 Å². The Hall–Kier alpha value is -2.04. The van der Waals surface area contributed by atoms with E-state index in [1.54, 1.807) is 7.11 Å². The minimum Gasteiger partial charge on any atom is -0.497 e. The Morgan fingerprint density at radius 2 is 1.95 bits per heavy atom. The van der Waals surface area contributed by atoms with E-state index in [9.17, 15) is 9.59 Å². The number of rotatable bonds is 7. The number of nitrogens with one attached hydrogen (secondary N) is 1. The van der Waals surface area contributed by atoms with Crippen LogP contribution in [0.1, 0.15) is 50.5 Å². The molecule has 0 aromatic heterocycles. The summed E-state index contributed by atoms with van der Waals surface area (Å²) in [5.41, 5.74) is 0.541. The Morgan fingerprint density at radius 1 is 1.32 bits per heavy atom. The first kappa shape index (κ1) is 16.3. The summed E-state index contributed by atoms with van der Waals surface area (Å²) in [7, 11) is 1.62. The Bertz CT molecular complexity index is 534. The molecule has 1 aromatic rings. The molecule has 5 heteroatoms. The first-order chi connectivity index (χ1) is 10.4. The lowest BCUT2D eigenvalue weighted by Gasteiger charge is -2.41. The summed E-state index contributed by atoms with van der Waals surface area (Å²) < 4.78 is 5.12. The summed E-state index contributed by atoms with van der Waals surface area (Å²) in [5, 5.41) is 11.9. The molecule has 0 bridgehead atoms. The van der Waals surface area contributed by atoms with Crippen molar-refractivity contribution in [3.63, 3.8) is 0 Å². The van der Waals surface area contributed by atoms with Gasteiger partial charge in [0.1, 0.15) is 5.75 Å². The quantitative estimate of drug-likeness (QED) is 0.812. The van der Waals surface area contributed by atoms with Gasteiger partial charge >= 0.3 is 5.97 Å². The number of hydrogen-bond acceptors (Lipinski definition) is 3. The highest BCUT2D eigenvalue weighted by Crippen LogP contribution is 2.35. The molecule has 2 rings (SSSR count). The lowest BCUT2D eigenvalue weighted by molar-refractivity contribution is -0.140. The normalized spacial score (nSPS) is 17.2. The molecule has 1 aromatic carbocycles. The van der Waals surface area contributed by atoms with E-state index in [0.29, 0.717) is 6.42 Å². The lowest BCUT2D eigenvalue weighted by Crippen LogP contribution is -2.54. The monoisotopic (exact) mass is 305 g/mol. The molecule has 0 saturated heterocycles. The maximum atomic E-state index is 12.2. The minimum absolute atomic E-state index is 0.00958. The van der Waals surface area contributed by atoms with E-state index in [0.717, 1.165) is 30.6 Å². The van der Waals surface area contributed by atoms with E-state index < -0.39 is 11.5 Å². The highest BCUT2D eigenvalue weighted by atomic mass is 16.5. The molecule has 120 valence electrons. The molecule has 1 aliphatic rings. The second-order valence-electron chi connectivity index (χ2n) is 6.13. The van der Waals surface area contributed by atoms with Gasteiger partial charge in [-0.3, -0.25) is 9.59 Å². The van der Waals surface area contributed by atoms with Crippen LogP contribution in [0.5, 0.6) is 5.75 Å². The Balaban J connectivity index is 1.91. The number of carboxylic acids is 1. The summed E-state index contributed by atoms with van der Waals surface area (Å²) in [6.07, 6.45) is 2.84. The maximum absolute atomic E-state index is 12.2. The lowest BCUT2D eigenvalue weighted by atomic mass is 9.74. The zero-order chi connectivity index (χ0) is 16.2. The summed E-state index contributed by atoms with van der Waals surface area (Å²) in [4.78, 5) is 23.1. The number of methoxy groups -OCH3 is 1. The summed E-state index contributed by atoms with van der Waals surface area (Å²) >= 11 is 0. The molecule has 0 radical (unpaired) electrons. The molecule has 0 heterocycles. The van der Waals surface area contributed by atoms with Crippen molar-refractivity contribution in [3.8, 4) is 5.75 Å². The van der Waals surface area contributed by atoms with Crippen LogP contribution in [0.3, 0.4) is 0 Å². The van der Waals surface area contributed by atoms with Gasteiger partial charge in [0, 0.05) is 6.42 Å². The second-order valence-corrected chi connectivity index (χ2v) is 6.13. The minimum atomic E-state index is -0.858. The standard InChI is InChI=1S/C17H23NO4/c1-12(13-4-6-14(22-2)7-5-13)10-15(19)18-17(8-3-9-17)11-16(20)21/h4-7,12H,3,8-11H2,1-2H3,(H,18,19)(H,20,21). The van der Waals surface area contributed by atoms with Crippen LogP contribution in [0.15, 0.2) is 24.3 Å². The number of carboxylic acid groups (broad SMARTS) is 1. The van der Waals surface area contributed by atoms with Crippen molar-refractivity contribution in [2.75, 3.05) is 7.11 Å². The van der Waals surface area contributed by atoms with Gasteiger partial charge in [-0.2, -0.15) is 0 Å². The number of carbonyl (C=O) groups excluding carboxylic acids is 1. The van der Waals surface area contributed by atoms with Crippen molar-refractivity contribution in [3.05, 3.63) is 29.8 Å². The van der Waals surface area contributed by atoms with Crippen LogP contribution in [-0.4, -0.2) is 29.6 Å². The van der Waals surface area contributed by atoms with E-state index in [1.165, 1.54) is 0 Å². The van der Waals surface area contributed by atoms with Gasteiger partial charge in [0.2, 0.25) is 5.91 Å². The van der Waals surface area contributed by atoms with Crippen LogP contribution >= 0.6 is 0 Å². The maximum Gasteiger partial charge on any atom is 0.305 e. The van der Waals surface area contributed by atoms with Crippen molar-refractivity contribution in [1.29, 1.82) is 0 Å². The SMILES string of the molecule is COc1ccc(C(C)CC(=O)NC2(CC(=O)O)CCC2)cc1. The average molecular weight is 305 g/mol. The average Bonchev–Trinajstić information content (AvgIpc) is 2.44. The van der Waals surface area contributed by atoms with E-state index in [-0.39, 0.29) is 18.2 Å². The third kappa shape index (κ3) is 4.00. The molecule has 2 N–H and O–H groups in total. The smallest absolute Gasteiger partial charge is 0.305 e. The van der Waals surface area contributed by atoms with Gasteiger partial charge in [-0.1, -0.05) is 19.1 Å². The van der Waals surface area contributed by atoms with Crippen LogP contribution < -0.4 is 10.1 Å². The first-order valence-corrected chi connectivity index (χ1v) is 7.61. The van der Waals surface area contributed by atoms with Crippen LogP contribution in [-0.2, 0) is 9.59 Å². The molecule has 1 saturated carbocycles. The summed E-state index contributed by atoms with van der Waals surface area (Å²) in [5.74, 6) is -0.0735. The highest BCUT2D eigenvalue weighted by molar-refractivity contribution is 5.79. The molecule has 1 aliphatic carbocycles. The summed E-state index contributed by atoms with van der Waals surface area (Å²) in [6.45, 7) is 1.99. The van der Waals surface area contributed by atoms with Crippen molar-refractivity contribution in [1.82, 2.24) is 5.32 Å². The molecule has 1 amide bonds. The van der Waals surface area contributed by atoms with E-state index in [2.05, 4.69) is 5.32 Å². The number of ether oxygens (including phenoxy) is 1. The topological polar surface area (TPSA) is 75.6 Å². The number of aliphatic carboxylic acids is 1. The zero-order valence-electron chi connectivity index (χ0n) is 13.1. The number of benzene rings is 1. The predicted octanol–water partition coefficient (Wildman–Crippen LogP) is 2.70. The third-order valence-corrected chi connectivity index (χ3v) is 4.38. The molecule has 1 atom stereocenters. The molecular formula is C17H23NO4. The van der Waals surface area contributed by atoms with Crippen LogP contribution in [0.25, 0.3) is 0 Å². The fraction of sp³-hybridized carbons (Fsp3) is 0.529. The van der Waals surface area contributed by atoms with Gasteiger partial charge in [0.25, 0.3) is 0 Å². The molecule has 22 heavy (non-hydrogen) atoms. The molecule has 5 nitrogen and oxygen atoms in total. The Morgan fingerprint density at radius 3 is 2.41 bits per heavy atom. The Kier molecular flexibility index (Phi) is 5.06. The Labute approximate surface area is 130 Å². The fourth-order valence-corrected chi connectivity index (χ4v) is 2.91. The van der Waals surface area contributed by atoms with Crippen LogP contribution in [0.2, 0.25) is 0 Å². The molecular weight excluding hydrogens is 282 g/mol. The number of hydrogen-bond donors (Lipinski definition) is 2. The third-order valence-electron chi connectivity index (χ3n) is 4.38. The predicted molar refractivity (Wildman–Crippen MR) is 83.0 cm³/mol. The van der Waals surface area contributed by atoms with Gasteiger partial charge in [0.15, 0.2) is 0 Å². The second kappa shape index (κ2) is 6.81. The van der Waals surface area contributed by atoms with Crippen molar-refractivity contribution in [2.45, 2.75) is 50.5 Å².